The highest BCUT2D eigenvalue weighted by Crippen LogP contribution is 2.35. The molecule has 3 nitrogen and oxygen atoms in total. The minimum Gasteiger partial charge on any atom is -0.468 e. The summed E-state index contributed by atoms with van der Waals surface area (Å²) >= 11 is 0. The number of methoxy groups -OCH3 is 1. The van der Waals surface area contributed by atoms with Crippen LogP contribution >= 0.6 is 0 Å². The Bertz CT molecular complexity index is 240. The van der Waals surface area contributed by atoms with Gasteiger partial charge in [0.25, 0.3) is 6.01 Å². The largest absolute Gasteiger partial charge is 0.468 e. The molecule has 0 saturated heterocycles. The second-order valence-electron chi connectivity index (χ2n) is 2.88. The summed E-state index contributed by atoms with van der Waals surface area (Å²) in [4.78, 5) is 7.06. The number of H-pyrrole nitrogens is 1. The molecule has 0 aromatic carbocycles. The van der Waals surface area contributed by atoms with E-state index in [9.17, 15) is 0 Å². The average Bonchev–Trinajstić information content (AvgIpc) is 2.32. The number of ether oxygens (including phenoxy) is 1. The highest BCUT2D eigenvalue weighted by Gasteiger charge is 2.22. The number of aromatic nitrogens is 2. The summed E-state index contributed by atoms with van der Waals surface area (Å²) in [5, 5.41) is 0. The molecule has 3 heteroatoms. The summed E-state index contributed by atoms with van der Waals surface area (Å²) in [6, 6.07) is 0.576. The average molecular weight is 151 g/mol. The zero-order valence-corrected chi connectivity index (χ0v) is 6.55. The van der Waals surface area contributed by atoms with Gasteiger partial charge < -0.3 is 9.72 Å². The van der Waals surface area contributed by atoms with E-state index in [1.54, 1.807) is 7.11 Å². The first kappa shape index (κ1) is 6.70. The van der Waals surface area contributed by atoms with Gasteiger partial charge in [-0.3, -0.25) is 0 Å². The van der Waals surface area contributed by atoms with Crippen molar-refractivity contribution < 1.29 is 4.74 Å². The molecule has 1 heterocycles. The van der Waals surface area contributed by atoms with E-state index >= 15 is 0 Å². The van der Waals surface area contributed by atoms with Crippen molar-refractivity contribution >= 4 is 0 Å². The van der Waals surface area contributed by atoms with Gasteiger partial charge in [-0.25, -0.2) is 0 Å². The first-order chi connectivity index (χ1) is 5.40. The van der Waals surface area contributed by atoms with Crippen molar-refractivity contribution in [2.24, 2.45) is 0 Å². The van der Waals surface area contributed by atoms with Crippen LogP contribution in [0.5, 0.6) is 6.01 Å². The van der Waals surface area contributed by atoms with Crippen molar-refractivity contribution in [3.8, 4) is 6.01 Å². The lowest BCUT2D eigenvalue weighted by molar-refractivity contribution is 0.376. The predicted molar refractivity (Wildman–Crippen MR) is 40.6 cm³/mol. The van der Waals surface area contributed by atoms with Crippen LogP contribution in [0.1, 0.15) is 30.9 Å². The topological polar surface area (TPSA) is 37.9 Å². The highest BCUT2D eigenvalue weighted by molar-refractivity contribution is 5.11. The molecule has 1 aromatic rings. The fourth-order valence-electron chi connectivity index (χ4n) is 1.25. The molecule has 0 aliphatic heterocycles. The lowest BCUT2D eigenvalue weighted by Gasteiger charge is -2.22. The summed E-state index contributed by atoms with van der Waals surface area (Å²) in [5.41, 5.74) is 1.04. The van der Waals surface area contributed by atoms with E-state index < -0.39 is 0 Å². The van der Waals surface area contributed by atoms with Gasteiger partial charge in [0.05, 0.1) is 19.0 Å². The molecule has 0 spiro atoms. The van der Waals surface area contributed by atoms with Crippen molar-refractivity contribution in [3.63, 3.8) is 0 Å². The predicted octanol–water partition coefficient (Wildman–Crippen LogP) is 1.49. The summed E-state index contributed by atoms with van der Waals surface area (Å²) in [6.45, 7) is 0. The number of rotatable bonds is 2. The minimum absolute atomic E-state index is 0.576. The van der Waals surface area contributed by atoms with E-state index in [2.05, 4.69) is 16.2 Å². The third kappa shape index (κ3) is 1.11. The number of imidazole rings is 1. The molecule has 1 fully saturated rings. The second kappa shape index (κ2) is 2.57. The van der Waals surface area contributed by atoms with Crippen LogP contribution in [0.3, 0.4) is 0 Å². The quantitative estimate of drug-likeness (QED) is 0.695. The summed E-state index contributed by atoms with van der Waals surface area (Å²) in [5.74, 6) is 0.634. The van der Waals surface area contributed by atoms with Crippen LogP contribution in [-0.2, 0) is 0 Å². The van der Waals surface area contributed by atoms with Gasteiger partial charge in [0.2, 0.25) is 0 Å². The molecule has 2 rings (SSSR count). The maximum atomic E-state index is 4.92. The van der Waals surface area contributed by atoms with Crippen LogP contribution in [0.25, 0.3) is 0 Å². The maximum absolute atomic E-state index is 4.92. The van der Waals surface area contributed by atoms with E-state index in [0.29, 0.717) is 11.9 Å². The zero-order valence-electron chi connectivity index (χ0n) is 6.55. The molecular weight excluding hydrogens is 140 g/mol. The van der Waals surface area contributed by atoms with Gasteiger partial charge in [-0.1, -0.05) is 6.42 Å². The molecule has 0 amide bonds. The molecule has 0 atom stereocenters. The van der Waals surface area contributed by atoms with Gasteiger partial charge >= 0.3 is 0 Å². The molecule has 1 radical (unpaired) electrons. The van der Waals surface area contributed by atoms with E-state index in [-0.39, 0.29) is 0 Å². The third-order valence-electron chi connectivity index (χ3n) is 2.20. The van der Waals surface area contributed by atoms with Crippen LogP contribution in [-0.4, -0.2) is 17.1 Å². The third-order valence-corrected chi connectivity index (χ3v) is 2.20. The van der Waals surface area contributed by atoms with Crippen molar-refractivity contribution in [2.75, 3.05) is 7.11 Å². The summed E-state index contributed by atoms with van der Waals surface area (Å²) in [7, 11) is 1.61. The Balaban J connectivity index is 2.11. The Kier molecular flexibility index (Phi) is 1.56. The van der Waals surface area contributed by atoms with E-state index in [4.69, 9.17) is 4.74 Å². The molecule has 0 unspecified atom stereocenters. The molecule has 1 saturated carbocycles. The Morgan fingerprint density at radius 1 is 1.64 bits per heavy atom. The minimum atomic E-state index is 0.576. The Labute approximate surface area is 65.8 Å². The van der Waals surface area contributed by atoms with Crippen molar-refractivity contribution in [1.29, 1.82) is 0 Å². The van der Waals surface area contributed by atoms with Crippen LogP contribution in [0.15, 0.2) is 0 Å². The first-order valence-corrected chi connectivity index (χ1v) is 3.91. The molecule has 59 valence electrons. The van der Waals surface area contributed by atoms with E-state index in [1.807, 2.05) is 0 Å². The number of nitrogens with zero attached hydrogens (tertiary/aromatic N) is 1. The number of nitrogens with one attached hydrogen (secondary N) is 1. The van der Waals surface area contributed by atoms with Gasteiger partial charge in [-0.15, -0.1) is 0 Å². The van der Waals surface area contributed by atoms with Gasteiger partial charge in [0, 0.05) is 5.92 Å². The Morgan fingerprint density at radius 3 is 2.91 bits per heavy atom. The molecule has 11 heavy (non-hydrogen) atoms. The highest BCUT2D eigenvalue weighted by atomic mass is 16.5. The van der Waals surface area contributed by atoms with Crippen LogP contribution in [0.2, 0.25) is 0 Å². The summed E-state index contributed by atoms with van der Waals surface area (Å²) < 4.78 is 4.92. The summed E-state index contributed by atoms with van der Waals surface area (Å²) in [6.07, 6.45) is 6.83. The van der Waals surface area contributed by atoms with Crippen molar-refractivity contribution in [1.82, 2.24) is 9.97 Å². The molecule has 1 aromatic heterocycles. The number of hydrogen-bond donors (Lipinski definition) is 1. The SMILES string of the molecule is COc1nc(C2CCC2)[c][nH]1. The Morgan fingerprint density at radius 2 is 2.45 bits per heavy atom. The number of aromatic amines is 1. The zero-order chi connectivity index (χ0) is 7.68. The lowest BCUT2D eigenvalue weighted by atomic mass is 9.83. The fourth-order valence-corrected chi connectivity index (χ4v) is 1.25. The standard InChI is InChI=1S/C8H11N2O/c1-11-8-9-5-7(10-8)6-3-2-4-6/h6H,2-4H2,1H3,(H,9,10). The first-order valence-electron chi connectivity index (χ1n) is 3.91. The smallest absolute Gasteiger partial charge is 0.294 e. The van der Waals surface area contributed by atoms with Gasteiger partial charge in [0.15, 0.2) is 0 Å². The fraction of sp³-hybridized carbons (Fsp3) is 0.625. The van der Waals surface area contributed by atoms with E-state index in [0.717, 1.165) is 5.69 Å². The molecule has 1 aliphatic rings. The second-order valence-corrected chi connectivity index (χ2v) is 2.88. The lowest BCUT2D eigenvalue weighted by Crippen LogP contribution is -2.08. The maximum Gasteiger partial charge on any atom is 0.294 e. The van der Waals surface area contributed by atoms with Gasteiger partial charge in [-0.2, -0.15) is 4.98 Å². The molecule has 1 N–H and O–H groups in total. The van der Waals surface area contributed by atoms with Crippen LogP contribution < -0.4 is 4.74 Å². The van der Waals surface area contributed by atoms with Crippen LogP contribution in [0.4, 0.5) is 0 Å². The van der Waals surface area contributed by atoms with E-state index in [1.165, 1.54) is 19.3 Å². The van der Waals surface area contributed by atoms with Crippen molar-refractivity contribution in [3.05, 3.63) is 11.9 Å². The molecular formula is C8H11N2O. The Hall–Kier alpha value is -0.990. The monoisotopic (exact) mass is 151 g/mol. The molecule has 0 bridgehead atoms. The van der Waals surface area contributed by atoms with Crippen molar-refractivity contribution in [2.45, 2.75) is 25.2 Å². The normalized spacial score (nSPS) is 17.9. The number of hydrogen-bond acceptors (Lipinski definition) is 2. The van der Waals surface area contributed by atoms with Gasteiger partial charge in [-0.05, 0) is 12.8 Å². The van der Waals surface area contributed by atoms with Gasteiger partial charge in [0.1, 0.15) is 0 Å². The van der Waals surface area contributed by atoms with Crippen LogP contribution in [0, 0.1) is 6.20 Å². The molecule has 1 aliphatic carbocycles.